The van der Waals surface area contributed by atoms with Crippen molar-refractivity contribution in [3.8, 4) is 11.4 Å². The van der Waals surface area contributed by atoms with Crippen LogP contribution in [-0.4, -0.2) is 19.3 Å². The number of para-hydroxylation sites is 1. The fourth-order valence-electron chi connectivity index (χ4n) is 2.58. The van der Waals surface area contributed by atoms with E-state index in [2.05, 4.69) is 10.1 Å². The van der Waals surface area contributed by atoms with Crippen LogP contribution in [0.4, 0.5) is 0 Å². The highest BCUT2D eigenvalue weighted by molar-refractivity contribution is 7.71. The van der Waals surface area contributed by atoms with Gasteiger partial charge in [0.15, 0.2) is 4.77 Å². The molecule has 0 fully saturated rings. The van der Waals surface area contributed by atoms with Gasteiger partial charge in [0.2, 0.25) is 0 Å². The number of H-pyrrole nitrogens is 1. The van der Waals surface area contributed by atoms with E-state index in [1.807, 2.05) is 30.3 Å². The second kappa shape index (κ2) is 5.74. The lowest BCUT2D eigenvalue weighted by Gasteiger charge is -2.08. The average Bonchev–Trinajstić information content (AvgIpc) is 3.01. The first kappa shape index (κ1) is 14.9. The van der Waals surface area contributed by atoms with E-state index >= 15 is 0 Å². The second-order valence-electron chi connectivity index (χ2n) is 5.20. The predicted octanol–water partition coefficient (Wildman–Crippen LogP) is 3.89. The molecule has 2 aromatic carbocycles. The summed E-state index contributed by atoms with van der Waals surface area (Å²) in [5.74, 6) is 0. The molecule has 4 aromatic rings. The van der Waals surface area contributed by atoms with Crippen molar-refractivity contribution in [2.45, 2.75) is 0 Å². The molecule has 1 N–H and O–H groups in total. The molecular formula is C17H11ClN4OS. The third kappa shape index (κ3) is 2.36. The molecule has 2 aromatic heterocycles. The minimum atomic E-state index is -0.224. The Labute approximate surface area is 146 Å². The molecule has 0 spiro atoms. The summed E-state index contributed by atoms with van der Waals surface area (Å²) in [4.78, 5) is 16.0. The number of benzene rings is 2. The fourth-order valence-corrected chi connectivity index (χ4v) is 3.00. The van der Waals surface area contributed by atoms with Gasteiger partial charge in [-0.3, -0.25) is 9.36 Å². The van der Waals surface area contributed by atoms with Gasteiger partial charge in [-0.2, -0.15) is 5.10 Å². The molecule has 2 heterocycles. The Kier molecular flexibility index (Phi) is 3.55. The summed E-state index contributed by atoms with van der Waals surface area (Å²) in [6.07, 6.45) is 1.54. The van der Waals surface area contributed by atoms with Crippen LogP contribution in [0.1, 0.15) is 0 Å². The van der Waals surface area contributed by atoms with E-state index in [-0.39, 0.29) is 5.56 Å². The Morgan fingerprint density at radius 2 is 1.71 bits per heavy atom. The quantitative estimate of drug-likeness (QED) is 0.556. The van der Waals surface area contributed by atoms with Crippen LogP contribution in [0, 0.1) is 4.77 Å². The van der Waals surface area contributed by atoms with Gasteiger partial charge in [0.05, 0.1) is 17.6 Å². The molecular weight excluding hydrogens is 344 g/mol. The third-order valence-electron chi connectivity index (χ3n) is 3.72. The first-order valence-corrected chi connectivity index (χ1v) is 7.98. The molecule has 0 aliphatic rings. The molecule has 0 atom stereocenters. The zero-order valence-corrected chi connectivity index (χ0v) is 13.9. The largest absolute Gasteiger partial charge is 0.316 e. The molecule has 118 valence electrons. The van der Waals surface area contributed by atoms with Gasteiger partial charge in [-0.15, -0.1) is 0 Å². The van der Waals surface area contributed by atoms with Gasteiger partial charge >= 0.3 is 0 Å². The first-order valence-electron chi connectivity index (χ1n) is 7.19. The van der Waals surface area contributed by atoms with Crippen LogP contribution in [0.5, 0.6) is 0 Å². The Bertz CT molecular complexity index is 1140. The van der Waals surface area contributed by atoms with Gasteiger partial charge < -0.3 is 4.98 Å². The topological polar surface area (TPSA) is 55.6 Å². The van der Waals surface area contributed by atoms with Crippen LogP contribution in [0.3, 0.4) is 0 Å². The van der Waals surface area contributed by atoms with Crippen molar-refractivity contribution in [2.24, 2.45) is 0 Å². The van der Waals surface area contributed by atoms with Crippen LogP contribution < -0.4 is 5.56 Å². The van der Waals surface area contributed by atoms with Gasteiger partial charge in [0.25, 0.3) is 5.56 Å². The van der Waals surface area contributed by atoms with E-state index in [0.717, 1.165) is 5.69 Å². The highest BCUT2D eigenvalue weighted by atomic mass is 35.5. The van der Waals surface area contributed by atoms with Crippen LogP contribution in [0.25, 0.3) is 22.4 Å². The highest BCUT2D eigenvalue weighted by Crippen LogP contribution is 2.16. The van der Waals surface area contributed by atoms with Gasteiger partial charge in [-0.1, -0.05) is 29.8 Å². The Balaban J connectivity index is 1.99. The van der Waals surface area contributed by atoms with E-state index in [1.54, 1.807) is 35.1 Å². The summed E-state index contributed by atoms with van der Waals surface area (Å²) >= 11 is 11.3. The summed E-state index contributed by atoms with van der Waals surface area (Å²) in [7, 11) is 0. The molecule has 0 saturated heterocycles. The molecule has 7 heteroatoms. The van der Waals surface area contributed by atoms with Crippen LogP contribution >= 0.6 is 23.8 Å². The van der Waals surface area contributed by atoms with Crippen molar-refractivity contribution in [1.82, 2.24) is 19.3 Å². The van der Waals surface area contributed by atoms with E-state index < -0.39 is 0 Å². The van der Waals surface area contributed by atoms with Crippen LogP contribution in [0.2, 0.25) is 5.02 Å². The number of aromatic amines is 1. The Morgan fingerprint density at radius 3 is 2.42 bits per heavy atom. The van der Waals surface area contributed by atoms with Crippen molar-refractivity contribution < 1.29 is 0 Å². The Hall–Kier alpha value is -2.70. The summed E-state index contributed by atoms with van der Waals surface area (Å²) < 4.78 is 3.40. The van der Waals surface area contributed by atoms with Crippen molar-refractivity contribution >= 4 is 34.9 Å². The predicted molar refractivity (Wildman–Crippen MR) is 96.9 cm³/mol. The summed E-state index contributed by atoms with van der Waals surface area (Å²) in [6.45, 7) is 0. The number of rotatable bonds is 2. The number of hydrogen-bond donors (Lipinski definition) is 1. The molecule has 0 saturated carbocycles. The molecule has 0 unspecified atom stereocenters. The zero-order valence-electron chi connectivity index (χ0n) is 12.3. The van der Waals surface area contributed by atoms with Crippen molar-refractivity contribution in [1.29, 1.82) is 0 Å². The number of hydrogen-bond acceptors (Lipinski definition) is 3. The average molecular weight is 355 g/mol. The summed E-state index contributed by atoms with van der Waals surface area (Å²) in [6, 6.07) is 16.5. The minimum Gasteiger partial charge on any atom is -0.316 e. The number of fused-ring (bicyclic) bond motifs is 1. The molecule has 0 radical (unpaired) electrons. The number of nitrogens with one attached hydrogen (secondary N) is 1. The maximum Gasteiger partial charge on any atom is 0.270 e. The Morgan fingerprint density at radius 1 is 1.00 bits per heavy atom. The lowest BCUT2D eigenvalue weighted by molar-refractivity contribution is 0.879. The molecule has 0 aliphatic carbocycles. The zero-order chi connectivity index (χ0) is 16.7. The van der Waals surface area contributed by atoms with E-state index in [4.69, 9.17) is 23.8 Å². The number of nitrogens with zero attached hydrogens (tertiary/aromatic N) is 3. The molecule has 0 amide bonds. The normalized spacial score (nSPS) is 11.0. The van der Waals surface area contributed by atoms with E-state index in [9.17, 15) is 4.79 Å². The molecule has 0 bridgehead atoms. The van der Waals surface area contributed by atoms with Gasteiger partial charge in [-0.25, -0.2) is 4.68 Å². The highest BCUT2D eigenvalue weighted by Gasteiger charge is 2.13. The third-order valence-corrected chi connectivity index (χ3v) is 4.25. The summed E-state index contributed by atoms with van der Waals surface area (Å²) in [5.41, 5.74) is 1.85. The maximum absolute atomic E-state index is 12.9. The van der Waals surface area contributed by atoms with Crippen LogP contribution in [0.15, 0.2) is 65.6 Å². The lowest BCUT2D eigenvalue weighted by Crippen LogP contribution is -2.20. The van der Waals surface area contributed by atoms with Gasteiger partial charge in [0, 0.05) is 5.02 Å². The summed E-state index contributed by atoms with van der Waals surface area (Å²) in [5, 5.41) is 5.38. The molecule has 24 heavy (non-hydrogen) atoms. The monoisotopic (exact) mass is 354 g/mol. The van der Waals surface area contributed by atoms with Gasteiger partial charge in [-0.05, 0) is 48.6 Å². The maximum atomic E-state index is 12.9. The molecule has 0 aliphatic heterocycles. The molecule has 4 rings (SSSR count). The van der Waals surface area contributed by atoms with Crippen molar-refractivity contribution in [3.05, 3.63) is 80.9 Å². The van der Waals surface area contributed by atoms with E-state index in [1.165, 1.54) is 4.57 Å². The number of aromatic nitrogens is 4. The standard InChI is InChI=1S/C17H11ClN4OS/c18-11-6-8-12(9-7-11)21-16(23)14-10-19-22(15(14)20-17(21)24)13-4-2-1-3-5-13/h1-10H,(H,20,24). The second-order valence-corrected chi connectivity index (χ2v) is 6.02. The van der Waals surface area contributed by atoms with E-state index in [0.29, 0.717) is 26.5 Å². The first-order chi connectivity index (χ1) is 11.6. The lowest BCUT2D eigenvalue weighted by atomic mass is 10.3. The fraction of sp³-hybridized carbons (Fsp3) is 0. The SMILES string of the molecule is O=c1c2cnn(-c3ccccc3)c2[nH]c(=S)n1-c1ccc(Cl)cc1. The van der Waals surface area contributed by atoms with Gasteiger partial charge in [0.1, 0.15) is 11.0 Å². The van der Waals surface area contributed by atoms with Crippen molar-refractivity contribution in [2.75, 3.05) is 0 Å². The number of halogens is 1. The minimum absolute atomic E-state index is 0.224. The molecule has 5 nitrogen and oxygen atoms in total. The smallest absolute Gasteiger partial charge is 0.270 e. The van der Waals surface area contributed by atoms with Crippen LogP contribution in [-0.2, 0) is 0 Å². The van der Waals surface area contributed by atoms with Crippen molar-refractivity contribution in [3.63, 3.8) is 0 Å².